The molecule has 1 aromatic heterocycles. The third-order valence-corrected chi connectivity index (χ3v) is 3.63. The molecule has 0 saturated heterocycles. The minimum absolute atomic E-state index is 0.101. The van der Waals surface area contributed by atoms with E-state index in [1.807, 2.05) is 19.1 Å². The van der Waals surface area contributed by atoms with Crippen molar-refractivity contribution >= 4 is 40.1 Å². The van der Waals surface area contributed by atoms with E-state index in [1.54, 1.807) is 24.3 Å². The first-order valence-corrected chi connectivity index (χ1v) is 6.56. The first-order chi connectivity index (χ1) is 8.56. The van der Waals surface area contributed by atoms with Gasteiger partial charge in [-0.15, -0.1) is 11.3 Å². The largest absolute Gasteiger partial charge is 0.389 e. The Hall–Kier alpha value is -1.72. The van der Waals surface area contributed by atoms with Gasteiger partial charge in [-0.1, -0.05) is 12.2 Å². The molecular weight excluding hydrogens is 264 g/mol. The molecule has 0 bridgehead atoms. The normalized spacial score (nSPS) is 10.1. The smallest absolute Gasteiger partial charge is 0.265 e. The van der Waals surface area contributed by atoms with Gasteiger partial charge in [-0.3, -0.25) is 4.79 Å². The maximum absolute atomic E-state index is 11.9. The quantitative estimate of drug-likeness (QED) is 0.847. The summed E-state index contributed by atoms with van der Waals surface area (Å²) in [5, 5.41) is 2.83. The topological polar surface area (TPSA) is 55.1 Å². The summed E-state index contributed by atoms with van der Waals surface area (Å²) in [7, 11) is 0. The van der Waals surface area contributed by atoms with Crippen LogP contribution in [0.5, 0.6) is 0 Å². The van der Waals surface area contributed by atoms with Crippen LogP contribution in [0.3, 0.4) is 0 Å². The van der Waals surface area contributed by atoms with Crippen molar-refractivity contribution in [3.8, 4) is 0 Å². The van der Waals surface area contributed by atoms with Crippen LogP contribution in [0.4, 0.5) is 5.69 Å². The molecule has 1 amide bonds. The fraction of sp³-hybridized carbons (Fsp3) is 0.0769. The molecule has 1 aromatic carbocycles. The van der Waals surface area contributed by atoms with Crippen LogP contribution in [0, 0.1) is 6.92 Å². The first kappa shape index (κ1) is 12.7. The van der Waals surface area contributed by atoms with Crippen LogP contribution in [0.2, 0.25) is 0 Å². The highest BCUT2D eigenvalue weighted by molar-refractivity contribution is 7.80. The zero-order valence-corrected chi connectivity index (χ0v) is 11.4. The molecule has 2 rings (SSSR count). The van der Waals surface area contributed by atoms with E-state index in [4.69, 9.17) is 18.0 Å². The molecule has 0 aliphatic carbocycles. The number of amides is 1. The van der Waals surface area contributed by atoms with E-state index in [9.17, 15) is 4.79 Å². The minimum atomic E-state index is -0.101. The van der Waals surface area contributed by atoms with Crippen LogP contribution in [0.1, 0.15) is 20.1 Å². The van der Waals surface area contributed by atoms with Crippen LogP contribution < -0.4 is 11.1 Å². The van der Waals surface area contributed by atoms with Crippen LogP contribution in [-0.4, -0.2) is 10.9 Å². The van der Waals surface area contributed by atoms with Crippen molar-refractivity contribution in [3.63, 3.8) is 0 Å². The molecule has 0 spiro atoms. The Morgan fingerprint density at radius 3 is 2.39 bits per heavy atom. The molecule has 3 nitrogen and oxygen atoms in total. The summed E-state index contributed by atoms with van der Waals surface area (Å²) < 4.78 is 0. The number of hydrogen-bond donors (Lipinski definition) is 2. The van der Waals surface area contributed by atoms with E-state index in [0.29, 0.717) is 9.87 Å². The summed E-state index contributed by atoms with van der Waals surface area (Å²) in [5.74, 6) is -0.101. The summed E-state index contributed by atoms with van der Waals surface area (Å²) >= 11 is 6.33. The van der Waals surface area contributed by atoms with E-state index in [2.05, 4.69) is 5.32 Å². The molecule has 3 N–H and O–H groups in total. The Balaban J connectivity index is 2.10. The second-order valence-corrected chi connectivity index (χ2v) is 5.53. The van der Waals surface area contributed by atoms with Crippen molar-refractivity contribution in [3.05, 3.63) is 51.7 Å². The van der Waals surface area contributed by atoms with Crippen LogP contribution in [-0.2, 0) is 0 Å². The number of aryl methyl sites for hydroxylation is 1. The average molecular weight is 276 g/mol. The molecule has 0 saturated carbocycles. The number of carbonyl (C=O) groups excluding carboxylic acids is 1. The molecule has 0 aliphatic heterocycles. The minimum Gasteiger partial charge on any atom is -0.389 e. The van der Waals surface area contributed by atoms with E-state index in [0.717, 1.165) is 16.1 Å². The van der Waals surface area contributed by atoms with Crippen LogP contribution >= 0.6 is 23.6 Å². The zero-order chi connectivity index (χ0) is 13.1. The zero-order valence-electron chi connectivity index (χ0n) is 9.77. The van der Waals surface area contributed by atoms with Gasteiger partial charge in [0.05, 0.1) is 4.88 Å². The summed E-state index contributed by atoms with van der Waals surface area (Å²) in [4.78, 5) is 14.1. The summed E-state index contributed by atoms with van der Waals surface area (Å²) in [6.45, 7) is 1.97. The van der Waals surface area contributed by atoms with E-state index >= 15 is 0 Å². The van der Waals surface area contributed by atoms with Gasteiger partial charge in [0.15, 0.2) is 0 Å². The predicted molar refractivity (Wildman–Crippen MR) is 79.3 cm³/mol. The number of hydrogen-bond acceptors (Lipinski definition) is 3. The number of thiocarbonyl (C=S) groups is 1. The van der Waals surface area contributed by atoms with Gasteiger partial charge in [-0.2, -0.15) is 0 Å². The molecule has 0 aliphatic rings. The van der Waals surface area contributed by atoms with Crippen molar-refractivity contribution in [2.45, 2.75) is 6.92 Å². The molecule has 1 heterocycles. The maximum atomic E-state index is 11.9. The Bertz CT molecular complexity index is 587. The fourth-order valence-electron chi connectivity index (χ4n) is 1.47. The Kier molecular flexibility index (Phi) is 3.74. The molecule has 0 atom stereocenters. The first-order valence-electron chi connectivity index (χ1n) is 5.34. The number of benzene rings is 1. The summed E-state index contributed by atoms with van der Waals surface area (Å²) in [6, 6.07) is 10.9. The molecule has 5 heteroatoms. The maximum Gasteiger partial charge on any atom is 0.265 e. The standard InChI is InChI=1S/C13H12N2OS2/c1-8-2-7-11(18-8)13(16)15-10-5-3-9(4-6-10)12(14)17/h2-7H,1H3,(H2,14,17)(H,15,16). The molecule has 0 fully saturated rings. The molecule has 18 heavy (non-hydrogen) atoms. The number of nitrogens with two attached hydrogens (primary N) is 1. The van der Waals surface area contributed by atoms with E-state index < -0.39 is 0 Å². The van der Waals surface area contributed by atoms with Gasteiger partial charge >= 0.3 is 0 Å². The molecule has 2 aromatic rings. The van der Waals surface area contributed by atoms with Gasteiger partial charge in [0.2, 0.25) is 0 Å². The number of nitrogens with one attached hydrogen (secondary N) is 1. The van der Waals surface area contributed by atoms with Crippen molar-refractivity contribution < 1.29 is 4.79 Å². The van der Waals surface area contributed by atoms with Crippen molar-refractivity contribution in [1.29, 1.82) is 0 Å². The molecular formula is C13H12N2OS2. The lowest BCUT2D eigenvalue weighted by molar-refractivity contribution is 0.103. The van der Waals surface area contributed by atoms with Gasteiger partial charge in [0.25, 0.3) is 5.91 Å². The SMILES string of the molecule is Cc1ccc(C(=O)Nc2ccc(C(N)=S)cc2)s1. The molecule has 0 unspecified atom stereocenters. The third-order valence-electron chi connectivity index (χ3n) is 2.39. The third kappa shape index (κ3) is 2.94. The van der Waals surface area contributed by atoms with Gasteiger partial charge in [0.1, 0.15) is 4.99 Å². The lowest BCUT2D eigenvalue weighted by Crippen LogP contribution is -2.11. The summed E-state index contributed by atoms with van der Waals surface area (Å²) in [6.07, 6.45) is 0. The fourth-order valence-corrected chi connectivity index (χ4v) is 2.37. The second kappa shape index (κ2) is 5.29. The average Bonchev–Trinajstić information content (AvgIpc) is 2.76. The van der Waals surface area contributed by atoms with Crippen LogP contribution in [0.15, 0.2) is 36.4 Å². The monoisotopic (exact) mass is 276 g/mol. The van der Waals surface area contributed by atoms with Gasteiger partial charge < -0.3 is 11.1 Å². The summed E-state index contributed by atoms with van der Waals surface area (Å²) in [5.41, 5.74) is 7.02. The van der Waals surface area contributed by atoms with E-state index in [-0.39, 0.29) is 5.91 Å². The number of thiophene rings is 1. The number of anilines is 1. The van der Waals surface area contributed by atoms with Gasteiger partial charge in [-0.05, 0) is 43.3 Å². The highest BCUT2D eigenvalue weighted by Gasteiger charge is 2.08. The molecule has 92 valence electrons. The molecule has 0 radical (unpaired) electrons. The van der Waals surface area contributed by atoms with Gasteiger partial charge in [0, 0.05) is 16.1 Å². The Morgan fingerprint density at radius 1 is 1.22 bits per heavy atom. The highest BCUT2D eigenvalue weighted by Crippen LogP contribution is 2.17. The number of rotatable bonds is 3. The Labute approximate surface area is 115 Å². The Morgan fingerprint density at radius 2 is 1.89 bits per heavy atom. The van der Waals surface area contributed by atoms with E-state index in [1.165, 1.54) is 11.3 Å². The second-order valence-electron chi connectivity index (χ2n) is 3.81. The number of carbonyl (C=O) groups is 1. The van der Waals surface area contributed by atoms with Gasteiger partial charge in [-0.25, -0.2) is 0 Å². The van der Waals surface area contributed by atoms with Crippen LogP contribution in [0.25, 0.3) is 0 Å². The lowest BCUT2D eigenvalue weighted by atomic mass is 10.2. The predicted octanol–water partition coefficient (Wildman–Crippen LogP) is 2.94. The lowest BCUT2D eigenvalue weighted by Gasteiger charge is -2.04. The van der Waals surface area contributed by atoms with Crippen molar-refractivity contribution in [2.24, 2.45) is 5.73 Å². The van der Waals surface area contributed by atoms with Crippen molar-refractivity contribution in [1.82, 2.24) is 0 Å². The highest BCUT2D eigenvalue weighted by atomic mass is 32.1. The van der Waals surface area contributed by atoms with Crippen molar-refractivity contribution in [2.75, 3.05) is 5.32 Å².